The molecule has 0 bridgehead atoms. The summed E-state index contributed by atoms with van der Waals surface area (Å²) in [4.78, 5) is 17.2. The van der Waals surface area contributed by atoms with Crippen LogP contribution in [0.3, 0.4) is 0 Å². The van der Waals surface area contributed by atoms with Crippen molar-refractivity contribution in [2.75, 3.05) is 0 Å². The van der Waals surface area contributed by atoms with E-state index in [0.29, 0.717) is 39.9 Å². The second kappa shape index (κ2) is 9.64. The molecule has 1 aromatic heterocycles. The average molecular weight is 460 g/mol. The van der Waals surface area contributed by atoms with Gasteiger partial charge < -0.3 is 0 Å². The molecule has 4 rings (SSSR count). The van der Waals surface area contributed by atoms with Crippen molar-refractivity contribution in [1.82, 2.24) is 4.98 Å². The van der Waals surface area contributed by atoms with Crippen molar-refractivity contribution >= 4 is 6.29 Å². The van der Waals surface area contributed by atoms with Gasteiger partial charge in [0.2, 0.25) is 0 Å². The molecule has 34 heavy (non-hydrogen) atoms. The van der Waals surface area contributed by atoms with Crippen LogP contribution in [0.1, 0.15) is 58.7 Å². The summed E-state index contributed by atoms with van der Waals surface area (Å²) in [5.41, 5.74) is 4.09. The first kappa shape index (κ1) is 23.4. The Balaban J connectivity index is 2.09. The first-order chi connectivity index (χ1) is 16.3. The van der Waals surface area contributed by atoms with Crippen LogP contribution in [-0.4, -0.2) is 11.3 Å². The third kappa shape index (κ3) is 4.51. The van der Waals surface area contributed by atoms with Gasteiger partial charge in [0.25, 0.3) is 0 Å². The summed E-state index contributed by atoms with van der Waals surface area (Å²) in [6.45, 7) is 5.72. The number of halogens is 3. The van der Waals surface area contributed by atoms with Gasteiger partial charge in [0.05, 0.1) is 11.4 Å². The second-order valence-electron chi connectivity index (χ2n) is 8.61. The van der Waals surface area contributed by atoms with Gasteiger partial charge in [0, 0.05) is 22.3 Å². The number of carbonyl (C=O) groups is 1. The molecule has 1 atom stereocenters. The van der Waals surface area contributed by atoms with Crippen molar-refractivity contribution in [2.24, 2.45) is 0 Å². The van der Waals surface area contributed by atoms with E-state index in [-0.39, 0.29) is 17.0 Å². The molecule has 4 aromatic rings. The number of aryl methyl sites for hydroxylation is 1. The fourth-order valence-corrected chi connectivity index (χ4v) is 4.10. The predicted octanol–water partition coefficient (Wildman–Crippen LogP) is 8.00. The zero-order chi connectivity index (χ0) is 24.4. The quantitative estimate of drug-likeness (QED) is 0.274. The first-order valence-corrected chi connectivity index (χ1v) is 11.1. The lowest BCUT2D eigenvalue weighted by atomic mass is 9.84. The molecule has 0 fully saturated rings. The molecule has 3 aromatic carbocycles. The van der Waals surface area contributed by atoms with Crippen LogP contribution in [-0.2, 0) is 0 Å². The Morgan fingerprint density at radius 3 is 1.82 bits per heavy atom. The summed E-state index contributed by atoms with van der Waals surface area (Å²) in [6.07, 6.45) is -0.925. The van der Waals surface area contributed by atoms with E-state index in [1.54, 1.807) is 12.1 Å². The number of nitrogens with zero attached hydrogens (tertiary/aromatic N) is 1. The van der Waals surface area contributed by atoms with Gasteiger partial charge in [-0.15, -0.1) is 0 Å². The second-order valence-corrected chi connectivity index (χ2v) is 8.61. The molecule has 0 saturated carbocycles. The van der Waals surface area contributed by atoms with E-state index in [1.807, 2.05) is 32.9 Å². The number of aromatic nitrogens is 1. The number of alkyl halides is 1. The lowest BCUT2D eigenvalue weighted by molar-refractivity contribution is 0.112. The van der Waals surface area contributed by atoms with E-state index in [9.17, 15) is 13.6 Å². The van der Waals surface area contributed by atoms with Crippen LogP contribution in [0, 0.1) is 18.6 Å². The number of pyridine rings is 1. The number of hydrogen-bond acceptors (Lipinski definition) is 2. The molecule has 1 heterocycles. The summed E-state index contributed by atoms with van der Waals surface area (Å²) < 4.78 is 43.6. The van der Waals surface area contributed by atoms with Crippen LogP contribution in [0.5, 0.6) is 0 Å². The van der Waals surface area contributed by atoms with Gasteiger partial charge in [-0.1, -0.05) is 55.8 Å². The SMILES string of the molecule is Cc1ccc(C(F)c2c(C(C)C)nc(-c3ccc(F)cc3)c(C=O)c2-c2ccc(F)cc2)cc1. The molecule has 5 heteroatoms. The highest BCUT2D eigenvalue weighted by Crippen LogP contribution is 2.43. The average Bonchev–Trinajstić information content (AvgIpc) is 2.83. The van der Waals surface area contributed by atoms with Crippen LogP contribution in [0.2, 0.25) is 0 Å². The first-order valence-electron chi connectivity index (χ1n) is 11.1. The van der Waals surface area contributed by atoms with E-state index in [2.05, 4.69) is 0 Å². The molecule has 0 aliphatic rings. The van der Waals surface area contributed by atoms with Crippen molar-refractivity contribution in [3.63, 3.8) is 0 Å². The van der Waals surface area contributed by atoms with E-state index < -0.39 is 17.8 Å². The van der Waals surface area contributed by atoms with Crippen molar-refractivity contribution in [1.29, 1.82) is 0 Å². The zero-order valence-corrected chi connectivity index (χ0v) is 19.1. The van der Waals surface area contributed by atoms with Crippen molar-refractivity contribution in [3.8, 4) is 22.4 Å². The number of rotatable bonds is 6. The minimum Gasteiger partial charge on any atom is -0.298 e. The Morgan fingerprint density at radius 1 is 0.794 bits per heavy atom. The Hall–Kier alpha value is -3.73. The maximum absolute atomic E-state index is 16.3. The molecule has 2 nitrogen and oxygen atoms in total. The number of aldehydes is 1. The summed E-state index contributed by atoms with van der Waals surface area (Å²) >= 11 is 0. The minimum absolute atomic E-state index is 0.173. The highest BCUT2D eigenvalue weighted by atomic mass is 19.1. The number of carbonyl (C=O) groups excluding carboxylic acids is 1. The largest absolute Gasteiger partial charge is 0.298 e. The van der Waals surface area contributed by atoms with E-state index in [0.717, 1.165) is 5.56 Å². The van der Waals surface area contributed by atoms with E-state index >= 15 is 4.39 Å². The van der Waals surface area contributed by atoms with Gasteiger partial charge in [-0.2, -0.15) is 0 Å². The van der Waals surface area contributed by atoms with Gasteiger partial charge in [-0.05, 0) is 60.4 Å². The van der Waals surface area contributed by atoms with Crippen LogP contribution in [0.15, 0.2) is 72.8 Å². The van der Waals surface area contributed by atoms with Gasteiger partial charge in [0.15, 0.2) is 12.5 Å². The molecule has 0 N–H and O–H groups in total. The molecule has 0 amide bonds. The minimum atomic E-state index is -1.56. The van der Waals surface area contributed by atoms with Crippen LogP contribution in [0.25, 0.3) is 22.4 Å². The van der Waals surface area contributed by atoms with Gasteiger partial charge in [-0.3, -0.25) is 9.78 Å². The topological polar surface area (TPSA) is 30.0 Å². The van der Waals surface area contributed by atoms with Crippen molar-refractivity contribution in [3.05, 3.63) is 112 Å². The Labute approximate surface area is 197 Å². The fourth-order valence-electron chi connectivity index (χ4n) is 4.10. The number of benzene rings is 3. The molecule has 1 unspecified atom stereocenters. The summed E-state index contributed by atoms with van der Waals surface area (Å²) in [5, 5.41) is 0. The predicted molar refractivity (Wildman–Crippen MR) is 129 cm³/mol. The molecule has 0 radical (unpaired) electrons. The third-order valence-corrected chi connectivity index (χ3v) is 5.84. The van der Waals surface area contributed by atoms with E-state index in [1.165, 1.54) is 48.5 Å². The Kier molecular flexibility index (Phi) is 6.64. The standard InChI is InChI=1S/C29H24F3NO/c1-17(2)28-26(27(32)20-6-4-18(3)5-7-20)25(19-8-12-22(30)13-9-19)24(16-34)29(33-28)21-10-14-23(31)15-11-21/h4-17,27H,1-3H3. The zero-order valence-electron chi connectivity index (χ0n) is 19.1. The molecular formula is C29H24F3NO. The third-order valence-electron chi connectivity index (χ3n) is 5.84. The van der Waals surface area contributed by atoms with Gasteiger partial charge in [0.1, 0.15) is 11.6 Å². The molecule has 0 spiro atoms. The highest BCUT2D eigenvalue weighted by molar-refractivity contribution is 5.97. The molecule has 0 saturated heterocycles. The Bertz CT molecular complexity index is 1310. The van der Waals surface area contributed by atoms with Crippen LogP contribution >= 0.6 is 0 Å². The van der Waals surface area contributed by atoms with Crippen molar-refractivity contribution in [2.45, 2.75) is 32.9 Å². The summed E-state index contributed by atoms with van der Waals surface area (Å²) in [6, 6.07) is 18.4. The molecule has 0 aliphatic heterocycles. The fraction of sp³-hybridized carbons (Fsp3) is 0.172. The van der Waals surface area contributed by atoms with Crippen LogP contribution < -0.4 is 0 Å². The van der Waals surface area contributed by atoms with Gasteiger partial charge >= 0.3 is 0 Å². The molecular weight excluding hydrogens is 435 g/mol. The molecule has 172 valence electrons. The molecule has 0 aliphatic carbocycles. The smallest absolute Gasteiger partial charge is 0.153 e. The lowest BCUT2D eigenvalue weighted by Crippen LogP contribution is -2.11. The monoisotopic (exact) mass is 459 g/mol. The summed E-state index contributed by atoms with van der Waals surface area (Å²) in [7, 11) is 0. The Morgan fingerprint density at radius 2 is 1.32 bits per heavy atom. The summed E-state index contributed by atoms with van der Waals surface area (Å²) in [5.74, 6) is -1.04. The lowest BCUT2D eigenvalue weighted by Gasteiger charge is -2.24. The van der Waals surface area contributed by atoms with Crippen molar-refractivity contribution < 1.29 is 18.0 Å². The highest BCUT2D eigenvalue weighted by Gasteiger charge is 2.29. The normalized spacial score (nSPS) is 12.1. The number of hydrogen-bond donors (Lipinski definition) is 0. The maximum atomic E-state index is 16.3. The maximum Gasteiger partial charge on any atom is 0.153 e. The van der Waals surface area contributed by atoms with Crippen LogP contribution in [0.4, 0.5) is 13.2 Å². The van der Waals surface area contributed by atoms with E-state index in [4.69, 9.17) is 4.98 Å². The van der Waals surface area contributed by atoms with Gasteiger partial charge in [-0.25, -0.2) is 13.2 Å².